The molecular formula is C20H18O4. The van der Waals surface area contributed by atoms with Crippen molar-refractivity contribution in [3.63, 3.8) is 0 Å². The van der Waals surface area contributed by atoms with Gasteiger partial charge in [0, 0.05) is 12.7 Å². The Bertz CT molecular complexity index is 724. The predicted octanol–water partition coefficient (Wildman–Crippen LogP) is 3.91. The maximum Gasteiger partial charge on any atom is 0.348 e. The van der Waals surface area contributed by atoms with Crippen LogP contribution in [-0.4, -0.2) is 13.1 Å². The number of carbonyl (C=O) groups excluding carboxylic acids is 1. The molecule has 0 N–H and O–H groups in total. The zero-order valence-electron chi connectivity index (χ0n) is 13.3. The number of methoxy groups -OCH3 is 1. The highest BCUT2D eigenvalue weighted by atomic mass is 16.6. The summed E-state index contributed by atoms with van der Waals surface area (Å²) < 4.78 is 16.3. The van der Waals surface area contributed by atoms with E-state index in [4.69, 9.17) is 13.9 Å². The van der Waals surface area contributed by atoms with Crippen molar-refractivity contribution in [1.82, 2.24) is 0 Å². The average molecular weight is 322 g/mol. The Hall–Kier alpha value is -2.85. The molecule has 0 saturated heterocycles. The molecule has 122 valence electrons. The Morgan fingerprint density at radius 3 is 2.00 bits per heavy atom. The second-order valence-corrected chi connectivity index (χ2v) is 5.33. The van der Waals surface area contributed by atoms with Crippen molar-refractivity contribution in [3.05, 3.63) is 95.9 Å². The Balaban J connectivity index is 1.99. The second kappa shape index (κ2) is 7.15. The van der Waals surface area contributed by atoms with Crippen molar-refractivity contribution in [2.75, 3.05) is 7.11 Å². The number of hydrogen-bond acceptors (Lipinski definition) is 4. The van der Waals surface area contributed by atoms with Crippen LogP contribution in [0.5, 0.6) is 0 Å². The van der Waals surface area contributed by atoms with Gasteiger partial charge in [-0.1, -0.05) is 60.7 Å². The van der Waals surface area contributed by atoms with Crippen LogP contribution in [0.15, 0.2) is 83.7 Å². The SMILES string of the molecule is COC(C(=O)OCc1ccoc1)(c1ccccc1)c1ccccc1. The number of esters is 1. The van der Waals surface area contributed by atoms with Crippen molar-refractivity contribution in [3.8, 4) is 0 Å². The highest BCUT2D eigenvalue weighted by Gasteiger charge is 2.44. The molecule has 3 rings (SSSR count). The van der Waals surface area contributed by atoms with Crippen molar-refractivity contribution in [1.29, 1.82) is 0 Å². The highest BCUT2D eigenvalue weighted by Crippen LogP contribution is 2.34. The van der Waals surface area contributed by atoms with E-state index in [1.54, 1.807) is 18.6 Å². The third-order valence-electron chi connectivity index (χ3n) is 3.90. The summed E-state index contributed by atoms with van der Waals surface area (Å²) in [6, 6.07) is 20.5. The monoisotopic (exact) mass is 322 g/mol. The summed E-state index contributed by atoms with van der Waals surface area (Å²) in [5, 5.41) is 0. The summed E-state index contributed by atoms with van der Waals surface area (Å²) >= 11 is 0. The van der Waals surface area contributed by atoms with Crippen LogP contribution in [-0.2, 0) is 26.5 Å². The third kappa shape index (κ3) is 2.96. The molecule has 0 saturated carbocycles. The molecule has 0 aliphatic carbocycles. The third-order valence-corrected chi connectivity index (χ3v) is 3.90. The zero-order chi connectivity index (χ0) is 16.8. The molecule has 2 aromatic carbocycles. The topological polar surface area (TPSA) is 48.7 Å². The fourth-order valence-corrected chi connectivity index (χ4v) is 2.69. The predicted molar refractivity (Wildman–Crippen MR) is 89.2 cm³/mol. The summed E-state index contributed by atoms with van der Waals surface area (Å²) in [6.45, 7) is 0.125. The minimum Gasteiger partial charge on any atom is -0.472 e. The van der Waals surface area contributed by atoms with Crippen molar-refractivity contribution < 1.29 is 18.7 Å². The van der Waals surface area contributed by atoms with E-state index in [0.717, 1.165) is 16.7 Å². The van der Waals surface area contributed by atoms with Crippen LogP contribution in [0, 0.1) is 0 Å². The molecule has 0 atom stereocenters. The molecular weight excluding hydrogens is 304 g/mol. The summed E-state index contributed by atoms with van der Waals surface area (Å²) in [6.07, 6.45) is 3.09. The van der Waals surface area contributed by atoms with E-state index in [-0.39, 0.29) is 6.61 Å². The smallest absolute Gasteiger partial charge is 0.348 e. The van der Waals surface area contributed by atoms with Crippen molar-refractivity contribution in [2.45, 2.75) is 12.2 Å². The minimum absolute atomic E-state index is 0.125. The summed E-state index contributed by atoms with van der Waals surface area (Å²) in [5.41, 5.74) is 0.910. The van der Waals surface area contributed by atoms with E-state index in [9.17, 15) is 4.79 Å². The molecule has 0 spiro atoms. The summed E-state index contributed by atoms with van der Waals surface area (Å²) in [4.78, 5) is 13.0. The fourth-order valence-electron chi connectivity index (χ4n) is 2.69. The van der Waals surface area contributed by atoms with Gasteiger partial charge in [-0.25, -0.2) is 4.79 Å². The van der Waals surface area contributed by atoms with Gasteiger partial charge in [-0.2, -0.15) is 0 Å². The highest BCUT2D eigenvalue weighted by molar-refractivity contribution is 5.85. The van der Waals surface area contributed by atoms with E-state index >= 15 is 0 Å². The number of carbonyl (C=O) groups is 1. The Labute approximate surface area is 140 Å². The average Bonchev–Trinajstić information content (AvgIpc) is 3.16. The molecule has 24 heavy (non-hydrogen) atoms. The summed E-state index contributed by atoms with van der Waals surface area (Å²) in [5.74, 6) is -0.469. The van der Waals surface area contributed by atoms with Crippen LogP contribution in [0.3, 0.4) is 0 Å². The van der Waals surface area contributed by atoms with E-state index in [1.165, 1.54) is 7.11 Å². The standard InChI is InChI=1S/C20H18O4/c1-22-20(17-8-4-2-5-9-17,18-10-6-3-7-11-18)19(21)24-15-16-12-13-23-14-16/h2-14H,15H2,1H3. The summed E-state index contributed by atoms with van der Waals surface area (Å²) in [7, 11) is 1.51. The lowest BCUT2D eigenvalue weighted by molar-refractivity contribution is -0.166. The molecule has 0 unspecified atom stereocenters. The van der Waals surface area contributed by atoms with E-state index in [1.807, 2.05) is 60.7 Å². The Morgan fingerprint density at radius 2 is 1.54 bits per heavy atom. The number of rotatable bonds is 6. The van der Waals surface area contributed by atoms with Crippen LogP contribution in [0.4, 0.5) is 0 Å². The molecule has 0 fully saturated rings. The van der Waals surface area contributed by atoms with Crippen LogP contribution < -0.4 is 0 Å². The molecule has 1 aromatic heterocycles. The van der Waals surface area contributed by atoms with Gasteiger partial charge in [0.2, 0.25) is 5.60 Å². The second-order valence-electron chi connectivity index (χ2n) is 5.33. The van der Waals surface area contributed by atoms with E-state index in [2.05, 4.69) is 0 Å². The maximum absolute atomic E-state index is 13.0. The Kier molecular flexibility index (Phi) is 4.77. The van der Waals surface area contributed by atoms with Gasteiger partial charge in [-0.05, 0) is 17.2 Å². The number of hydrogen-bond donors (Lipinski definition) is 0. The largest absolute Gasteiger partial charge is 0.472 e. The first-order valence-corrected chi connectivity index (χ1v) is 7.62. The van der Waals surface area contributed by atoms with Crippen LogP contribution in [0.1, 0.15) is 16.7 Å². The van der Waals surface area contributed by atoms with Crippen LogP contribution >= 0.6 is 0 Å². The fraction of sp³-hybridized carbons (Fsp3) is 0.150. The van der Waals surface area contributed by atoms with Crippen LogP contribution in [0.2, 0.25) is 0 Å². The molecule has 0 amide bonds. The molecule has 0 aliphatic heterocycles. The van der Waals surface area contributed by atoms with Gasteiger partial charge in [-0.3, -0.25) is 0 Å². The number of ether oxygens (including phenoxy) is 2. The van der Waals surface area contributed by atoms with Gasteiger partial charge >= 0.3 is 5.97 Å². The molecule has 0 bridgehead atoms. The number of benzene rings is 2. The van der Waals surface area contributed by atoms with Gasteiger partial charge in [0.1, 0.15) is 6.61 Å². The molecule has 1 heterocycles. The van der Waals surface area contributed by atoms with Gasteiger partial charge in [-0.15, -0.1) is 0 Å². The molecule has 0 aliphatic rings. The first-order chi connectivity index (χ1) is 11.8. The molecule has 4 nitrogen and oxygen atoms in total. The van der Waals surface area contributed by atoms with E-state index in [0.29, 0.717) is 0 Å². The van der Waals surface area contributed by atoms with Crippen LogP contribution in [0.25, 0.3) is 0 Å². The van der Waals surface area contributed by atoms with E-state index < -0.39 is 11.6 Å². The first-order valence-electron chi connectivity index (χ1n) is 7.62. The van der Waals surface area contributed by atoms with Gasteiger partial charge in [0.25, 0.3) is 0 Å². The van der Waals surface area contributed by atoms with Crippen molar-refractivity contribution >= 4 is 5.97 Å². The zero-order valence-corrected chi connectivity index (χ0v) is 13.3. The first kappa shape index (κ1) is 16.0. The normalized spacial score (nSPS) is 11.2. The van der Waals surface area contributed by atoms with Gasteiger partial charge in [0.15, 0.2) is 0 Å². The maximum atomic E-state index is 13.0. The lowest BCUT2D eigenvalue weighted by Gasteiger charge is -2.31. The molecule has 3 aromatic rings. The Morgan fingerprint density at radius 1 is 0.958 bits per heavy atom. The van der Waals surface area contributed by atoms with Gasteiger partial charge in [0.05, 0.1) is 12.5 Å². The minimum atomic E-state index is -1.31. The lowest BCUT2D eigenvalue weighted by atomic mass is 9.86. The number of furan rings is 1. The molecule has 4 heteroatoms. The quantitative estimate of drug-likeness (QED) is 0.646. The lowest BCUT2D eigenvalue weighted by Crippen LogP contribution is -2.40. The molecule has 0 radical (unpaired) electrons. The van der Waals surface area contributed by atoms with Crippen molar-refractivity contribution in [2.24, 2.45) is 0 Å². The van der Waals surface area contributed by atoms with Gasteiger partial charge < -0.3 is 13.9 Å².